The zero-order valence-corrected chi connectivity index (χ0v) is 10.2. The van der Waals surface area contributed by atoms with E-state index < -0.39 is 11.1 Å². The van der Waals surface area contributed by atoms with Crippen molar-refractivity contribution in [1.82, 2.24) is 4.98 Å². The molecular formula is C5H3BrNNaO2S. The molecule has 3 nitrogen and oxygen atoms in total. The van der Waals surface area contributed by atoms with Gasteiger partial charge in [0.25, 0.3) is 0 Å². The maximum Gasteiger partial charge on any atom is 1.00 e. The van der Waals surface area contributed by atoms with Crippen LogP contribution in [0.2, 0.25) is 0 Å². The first kappa shape index (κ1) is 11.7. The molecule has 54 valence electrons. The third kappa shape index (κ3) is 3.78. The van der Waals surface area contributed by atoms with Crippen LogP contribution < -0.4 is 29.6 Å². The molecule has 0 aromatic carbocycles. The molecule has 0 N–H and O–H groups in total. The molecule has 0 saturated carbocycles. The van der Waals surface area contributed by atoms with Crippen LogP contribution in [0.5, 0.6) is 0 Å². The monoisotopic (exact) mass is 243 g/mol. The Balaban J connectivity index is 0.000001000. The van der Waals surface area contributed by atoms with Gasteiger partial charge >= 0.3 is 29.6 Å². The SMILES string of the molecule is O=S([O-])c1ccc(Br)cn1.[Na+]. The van der Waals surface area contributed by atoms with E-state index in [4.69, 9.17) is 0 Å². The maximum atomic E-state index is 10.2. The minimum absolute atomic E-state index is 0. The smallest absolute Gasteiger partial charge is 0.767 e. The Labute approximate surface area is 97.3 Å². The summed E-state index contributed by atoms with van der Waals surface area (Å²) in [7, 11) is 0. The van der Waals surface area contributed by atoms with Crippen molar-refractivity contribution in [1.29, 1.82) is 0 Å². The summed E-state index contributed by atoms with van der Waals surface area (Å²) in [6.07, 6.45) is 1.44. The zero-order valence-electron chi connectivity index (χ0n) is 5.78. The van der Waals surface area contributed by atoms with Crippen LogP contribution in [0.4, 0.5) is 0 Å². The van der Waals surface area contributed by atoms with E-state index in [2.05, 4.69) is 20.9 Å². The van der Waals surface area contributed by atoms with Gasteiger partial charge in [0.1, 0.15) is 5.03 Å². The molecule has 0 aliphatic rings. The van der Waals surface area contributed by atoms with Gasteiger partial charge < -0.3 is 4.55 Å². The van der Waals surface area contributed by atoms with Crippen LogP contribution in [0.1, 0.15) is 0 Å². The van der Waals surface area contributed by atoms with Gasteiger partial charge in [0.15, 0.2) is 0 Å². The van der Waals surface area contributed by atoms with Gasteiger partial charge in [-0.15, -0.1) is 0 Å². The van der Waals surface area contributed by atoms with Crippen LogP contribution in [0.3, 0.4) is 0 Å². The molecule has 0 saturated heterocycles. The van der Waals surface area contributed by atoms with Gasteiger partial charge in [0, 0.05) is 10.7 Å². The standard InChI is InChI=1S/C5H4BrNO2S.Na/c6-4-1-2-5(7-3-4)10(8)9;/h1-3H,(H,8,9);/q;+1/p-1. The number of rotatable bonds is 1. The van der Waals surface area contributed by atoms with E-state index in [-0.39, 0.29) is 34.6 Å². The normalized spacial score (nSPS) is 11.8. The average Bonchev–Trinajstić information content (AvgIpc) is 1.88. The zero-order chi connectivity index (χ0) is 7.56. The van der Waals surface area contributed by atoms with Gasteiger partial charge in [-0.1, -0.05) is 0 Å². The number of halogens is 1. The predicted octanol–water partition coefficient (Wildman–Crippen LogP) is -1.91. The number of nitrogens with zero attached hydrogens (tertiary/aromatic N) is 1. The minimum atomic E-state index is -2.22. The first-order valence-electron chi connectivity index (χ1n) is 2.41. The third-order valence-electron chi connectivity index (χ3n) is 0.871. The maximum absolute atomic E-state index is 10.2. The number of pyridine rings is 1. The summed E-state index contributed by atoms with van der Waals surface area (Å²) in [5, 5.41) is 0.0585. The Bertz CT molecular complexity index is 253. The van der Waals surface area contributed by atoms with E-state index in [1.54, 1.807) is 6.07 Å². The Kier molecular flexibility index (Phi) is 5.76. The van der Waals surface area contributed by atoms with Gasteiger partial charge in [-0.3, -0.25) is 4.21 Å². The largest absolute Gasteiger partial charge is 1.00 e. The molecule has 1 unspecified atom stereocenters. The second kappa shape index (κ2) is 5.40. The summed E-state index contributed by atoms with van der Waals surface area (Å²) in [4.78, 5) is 3.62. The quantitative estimate of drug-likeness (QED) is 0.427. The molecule has 1 rings (SSSR count). The molecule has 1 atom stereocenters. The van der Waals surface area contributed by atoms with Crippen LogP contribution in [0, 0.1) is 0 Å². The molecule has 11 heavy (non-hydrogen) atoms. The van der Waals surface area contributed by atoms with Gasteiger partial charge in [-0.05, 0) is 39.1 Å². The van der Waals surface area contributed by atoms with Crippen molar-refractivity contribution in [3.05, 3.63) is 22.8 Å². The van der Waals surface area contributed by atoms with Crippen molar-refractivity contribution in [2.24, 2.45) is 0 Å². The summed E-state index contributed by atoms with van der Waals surface area (Å²) in [6.45, 7) is 0. The van der Waals surface area contributed by atoms with Crippen molar-refractivity contribution in [2.45, 2.75) is 5.03 Å². The van der Waals surface area contributed by atoms with Crippen LogP contribution in [-0.2, 0) is 11.1 Å². The Hall–Kier alpha value is 0.740. The molecule has 0 bridgehead atoms. The first-order chi connectivity index (χ1) is 4.70. The van der Waals surface area contributed by atoms with Crippen LogP contribution in [0.15, 0.2) is 27.8 Å². The molecule has 0 spiro atoms. The topological polar surface area (TPSA) is 53.0 Å². The van der Waals surface area contributed by atoms with Gasteiger partial charge in [-0.25, -0.2) is 4.98 Å². The molecule has 0 amide bonds. The fourth-order valence-electron chi connectivity index (χ4n) is 0.461. The first-order valence-corrected chi connectivity index (χ1v) is 4.28. The molecule has 6 heteroatoms. The number of hydrogen-bond acceptors (Lipinski definition) is 3. The summed E-state index contributed by atoms with van der Waals surface area (Å²) in [5.41, 5.74) is 0. The molecule has 1 aromatic heterocycles. The minimum Gasteiger partial charge on any atom is -0.767 e. The molecule has 0 fully saturated rings. The average molecular weight is 244 g/mol. The summed E-state index contributed by atoms with van der Waals surface area (Å²) >= 11 is 0.912. The van der Waals surface area contributed by atoms with E-state index in [1.165, 1.54) is 12.3 Å². The Morgan fingerprint density at radius 3 is 2.55 bits per heavy atom. The van der Waals surface area contributed by atoms with Crippen LogP contribution >= 0.6 is 15.9 Å². The van der Waals surface area contributed by atoms with Gasteiger partial charge in [0.05, 0.1) is 0 Å². The van der Waals surface area contributed by atoms with Crippen molar-refractivity contribution < 1.29 is 38.3 Å². The number of aromatic nitrogens is 1. The van der Waals surface area contributed by atoms with Gasteiger partial charge in [0.2, 0.25) is 0 Å². The molecular weight excluding hydrogens is 241 g/mol. The second-order valence-corrected chi connectivity index (χ2v) is 3.35. The van der Waals surface area contributed by atoms with Crippen LogP contribution in [-0.4, -0.2) is 13.7 Å². The van der Waals surface area contributed by atoms with E-state index in [0.29, 0.717) is 0 Å². The molecule has 0 aliphatic carbocycles. The summed E-state index contributed by atoms with van der Waals surface area (Å²) in [5.74, 6) is 0. The van der Waals surface area contributed by atoms with E-state index in [9.17, 15) is 8.76 Å². The summed E-state index contributed by atoms with van der Waals surface area (Å²) < 4.78 is 21.2. The fourth-order valence-corrected chi connectivity index (χ4v) is 1.01. The van der Waals surface area contributed by atoms with Crippen molar-refractivity contribution >= 4 is 27.0 Å². The van der Waals surface area contributed by atoms with Gasteiger partial charge in [-0.2, -0.15) is 0 Å². The Morgan fingerprint density at radius 1 is 1.55 bits per heavy atom. The van der Waals surface area contributed by atoms with Crippen molar-refractivity contribution in [2.75, 3.05) is 0 Å². The van der Waals surface area contributed by atoms with Crippen LogP contribution in [0.25, 0.3) is 0 Å². The predicted molar refractivity (Wildman–Crippen MR) is 39.1 cm³/mol. The number of hydrogen-bond donors (Lipinski definition) is 0. The molecule has 1 aromatic rings. The molecule has 0 aliphatic heterocycles. The van der Waals surface area contributed by atoms with Crippen molar-refractivity contribution in [3.63, 3.8) is 0 Å². The molecule has 0 radical (unpaired) electrons. The third-order valence-corrected chi connectivity index (χ3v) is 1.92. The second-order valence-electron chi connectivity index (χ2n) is 1.55. The summed E-state index contributed by atoms with van der Waals surface area (Å²) in [6, 6.07) is 3.05. The Morgan fingerprint density at radius 2 is 2.18 bits per heavy atom. The van der Waals surface area contributed by atoms with Crippen molar-refractivity contribution in [3.8, 4) is 0 Å². The fraction of sp³-hybridized carbons (Fsp3) is 0. The van der Waals surface area contributed by atoms with E-state index in [1.807, 2.05) is 0 Å². The van der Waals surface area contributed by atoms with E-state index in [0.717, 1.165) is 4.47 Å². The van der Waals surface area contributed by atoms with E-state index >= 15 is 0 Å². The molecule has 1 heterocycles.